The lowest BCUT2D eigenvalue weighted by atomic mass is 9.97. The minimum absolute atomic E-state index is 0.650. The summed E-state index contributed by atoms with van der Waals surface area (Å²) in [5, 5.41) is 1.12. The van der Waals surface area contributed by atoms with Crippen molar-refractivity contribution in [1.29, 1.82) is 0 Å². The molecule has 3 nitrogen and oxygen atoms in total. The molecule has 120 valence electrons. The van der Waals surface area contributed by atoms with Crippen molar-refractivity contribution < 1.29 is 9.59 Å². The van der Waals surface area contributed by atoms with Gasteiger partial charge in [-0.25, -0.2) is 0 Å². The lowest BCUT2D eigenvalue weighted by Crippen LogP contribution is -1.86. The van der Waals surface area contributed by atoms with Crippen LogP contribution in [0.2, 0.25) is 0 Å². The third-order valence-corrected chi connectivity index (χ3v) is 4.38. The maximum absolute atomic E-state index is 10.9. The summed E-state index contributed by atoms with van der Waals surface area (Å²) < 4.78 is 0. The molecule has 3 heteroatoms. The fourth-order valence-electron chi connectivity index (χ4n) is 3.12. The van der Waals surface area contributed by atoms with Gasteiger partial charge in [-0.3, -0.25) is 9.59 Å². The number of para-hydroxylation sites is 1. The average Bonchev–Trinajstić information content (AvgIpc) is 3.07. The summed E-state index contributed by atoms with van der Waals surface area (Å²) in [5.41, 5.74) is 6.49. The number of hydrogen-bond acceptors (Lipinski definition) is 2. The number of rotatable bonds is 4. The van der Waals surface area contributed by atoms with Gasteiger partial charge in [-0.05, 0) is 17.2 Å². The van der Waals surface area contributed by atoms with Crippen molar-refractivity contribution in [2.24, 2.45) is 0 Å². The Labute approximate surface area is 144 Å². The van der Waals surface area contributed by atoms with Crippen LogP contribution in [-0.4, -0.2) is 17.6 Å². The zero-order valence-electron chi connectivity index (χ0n) is 13.4. The van der Waals surface area contributed by atoms with Crippen molar-refractivity contribution in [1.82, 2.24) is 4.98 Å². The monoisotopic (exact) mass is 325 g/mol. The van der Waals surface area contributed by atoms with Gasteiger partial charge in [0.1, 0.15) is 12.6 Å². The number of hydrogen-bond donors (Lipinski definition) is 1. The predicted molar refractivity (Wildman–Crippen MR) is 99.9 cm³/mol. The summed E-state index contributed by atoms with van der Waals surface area (Å²) in [7, 11) is 0. The van der Waals surface area contributed by atoms with Crippen LogP contribution in [-0.2, 0) is 0 Å². The Morgan fingerprint density at radius 1 is 0.640 bits per heavy atom. The lowest BCUT2D eigenvalue weighted by molar-refractivity contribution is 0.111. The molecule has 0 radical (unpaired) electrons. The van der Waals surface area contributed by atoms with Crippen molar-refractivity contribution in [3.05, 3.63) is 83.9 Å². The standard InChI is InChI=1S/C22H15NO2/c24-13-15-5-9-17(10-6-15)21-19-3-1-2-4-20(19)23-22(21)18-11-7-16(14-25)8-12-18/h1-14,23H. The second-order valence-corrected chi connectivity index (χ2v) is 5.90. The Bertz CT molecular complexity index is 1060. The van der Waals surface area contributed by atoms with E-state index in [2.05, 4.69) is 11.1 Å². The normalized spacial score (nSPS) is 10.7. The molecule has 0 atom stereocenters. The molecule has 0 saturated heterocycles. The second kappa shape index (κ2) is 6.21. The lowest BCUT2D eigenvalue weighted by Gasteiger charge is -2.06. The minimum atomic E-state index is 0.650. The van der Waals surface area contributed by atoms with Crippen molar-refractivity contribution in [2.75, 3.05) is 0 Å². The van der Waals surface area contributed by atoms with Gasteiger partial charge in [-0.2, -0.15) is 0 Å². The largest absolute Gasteiger partial charge is 0.354 e. The number of carbonyl (C=O) groups is 2. The van der Waals surface area contributed by atoms with Gasteiger partial charge in [-0.15, -0.1) is 0 Å². The van der Waals surface area contributed by atoms with E-state index in [1.807, 2.05) is 66.7 Å². The van der Waals surface area contributed by atoms with Crippen LogP contribution in [0.4, 0.5) is 0 Å². The highest BCUT2D eigenvalue weighted by molar-refractivity contribution is 6.04. The van der Waals surface area contributed by atoms with Gasteiger partial charge in [0.25, 0.3) is 0 Å². The van der Waals surface area contributed by atoms with E-state index in [4.69, 9.17) is 0 Å². The maximum atomic E-state index is 10.9. The topological polar surface area (TPSA) is 49.9 Å². The van der Waals surface area contributed by atoms with E-state index in [0.29, 0.717) is 11.1 Å². The van der Waals surface area contributed by atoms with Crippen LogP contribution in [0.1, 0.15) is 20.7 Å². The third-order valence-electron chi connectivity index (χ3n) is 4.38. The smallest absolute Gasteiger partial charge is 0.150 e. The van der Waals surface area contributed by atoms with E-state index in [9.17, 15) is 9.59 Å². The zero-order chi connectivity index (χ0) is 17.2. The van der Waals surface area contributed by atoms with Gasteiger partial charge in [0.15, 0.2) is 0 Å². The first-order valence-electron chi connectivity index (χ1n) is 8.02. The predicted octanol–water partition coefficient (Wildman–Crippen LogP) is 5.13. The molecular weight excluding hydrogens is 310 g/mol. The Morgan fingerprint density at radius 3 is 1.80 bits per heavy atom. The van der Waals surface area contributed by atoms with Gasteiger partial charge in [0, 0.05) is 27.6 Å². The summed E-state index contributed by atoms with van der Waals surface area (Å²) >= 11 is 0. The summed E-state index contributed by atoms with van der Waals surface area (Å²) in [6.45, 7) is 0. The fraction of sp³-hybridized carbons (Fsp3) is 0. The number of fused-ring (bicyclic) bond motifs is 1. The van der Waals surface area contributed by atoms with Crippen LogP contribution in [0.15, 0.2) is 72.8 Å². The summed E-state index contributed by atoms with van der Waals surface area (Å²) in [6.07, 6.45) is 1.69. The molecule has 0 amide bonds. The summed E-state index contributed by atoms with van der Waals surface area (Å²) in [6, 6.07) is 23.2. The number of aromatic nitrogens is 1. The highest BCUT2D eigenvalue weighted by Gasteiger charge is 2.14. The molecule has 0 aliphatic rings. The van der Waals surface area contributed by atoms with E-state index in [1.54, 1.807) is 0 Å². The van der Waals surface area contributed by atoms with Crippen LogP contribution in [0.3, 0.4) is 0 Å². The highest BCUT2D eigenvalue weighted by Crippen LogP contribution is 2.38. The molecule has 0 saturated carbocycles. The van der Waals surface area contributed by atoms with Crippen LogP contribution < -0.4 is 0 Å². The minimum Gasteiger partial charge on any atom is -0.354 e. The number of nitrogens with one attached hydrogen (secondary N) is 1. The average molecular weight is 325 g/mol. The first kappa shape index (κ1) is 15.1. The molecule has 0 bridgehead atoms. The maximum Gasteiger partial charge on any atom is 0.150 e. The quantitative estimate of drug-likeness (QED) is 0.529. The molecule has 0 unspecified atom stereocenters. The van der Waals surface area contributed by atoms with E-state index in [-0.39, 0.29) is 0 Å². The fourth-order valence-corrected chi connectivity index (χ4v) is 3.12. The highest BCUT2D eigenvalue weighted by atomic mass is 16.1. The number of carbonyl (C=O) groups excluding carboxylic acids is 2. The third kappa shape index (κ3) is 2.66. The molecule has 25 heavy (non-hydrogen) atoms. The number of benzene rings is 3. The Balaban J connectivity index is 1.96. The van der Waals surface area contributed by atoms with Gasteiger partial charge >= 0.3 is 0 Å². The van der Waals surface area contributed by atoms with Crippen LogP contribution in [0.25, 0.3) is 33.3 Å². The molecule has 0 aliphatic heterocycles. The Morgan fingerprint density at radius 2 is 1.20 bits per heavy atom. The molecule has 1 N–H and O–H groups in total. The molecule has 1 heterocycles. The first-order chi connectivity index (χ1) is 12.3. The number of aldehydes is 2. The van der Waals surface area contributed by atoms with E-state index < -0.39 is 0 Å². The van der Waals surface area contributed by atoms with E-state index >= 15 is 0 Å². The van der Waals surface area contributed by atoms with E-state index in [1.165, 1.54) is 0 Å². The van der Waals surface area contributed by atoms with Gasteiger partial charge in [0.05, 0.1) is 5.69 Å². The van der Waals surface area contributed by atoms with E-state index in [0.717, 1.165) is 45.9 Å². The molecule has 0 aliphatic carbocycles. The molecule has 4 rings (SSSR count). The molecular formula is C22H15NO2. The van der Waals surface area contributed by atoms with Crippen molar-refractivity contribution in [3.63, 3.8) is 0 Å². The van der Waals surface area contributed by atoms with Gasteiger partial charge in [0.2, 0.25) is 0 Å². The van der Waals surface area contributed by atoms with Gasteiger partial charge in [-0.1, -0.05) is 66.7 Å². The SMILES string of the molecule is O=Cc1ccc(-c2[nH]c3ccccc3c2-c2ccc(C=O)cc2)cc1. The first-order valence-corrected chi connectivity index (χ1v) is 8.02. The van der Waals surface area contributed by atoms with Crippen molar-refractivity contribution in [3.8, 4) is 22.4 Å². The Hall–Kier alpha value is -3.46. The molecule has 3 aromatic carbocycles. The molecule has 4 aromatic rings. The van der Waals surface area contributed by atoms with Crippen LogP contribution >= 0.6 is 0 Å². The second-order valence-electron chi connectivity index (χ2n) is 5.90. The molecule has 0 fully saturated rings. The van der Waals surface area contributed by atoms with Crippen LogP contribution in [0.5, 0.6) is 0 Å². The van der Waals surface area contributed by atoms with Crippen LogP contribution in [0, 0.1) is 0 Å². The number of aromatic amines is 1. The van der Waals surface area contributed by atoms with Crippen molar-refractivity contribution in [2.45, 2.75) is 0 Å². The number of H-pyrrole nitrogens is 1. The van der Waals surface area contributed by atoms with Crippen molar-refractivity contribution >= 4 is 23.5 Å². The van der Waals surface area contributed by atoms with Gasteiger partial charge < -0.3 is 4.98 Å². The molecule has 0 spiro atoms. The molecule has 1 aromatic heterocycles. The Kier molecular flexibility index (Phi) is 3.75. The summed E-state index contributed by atoms with van der Waals surface area (Å²) in [5.74, 6) is 0. The zero-order valence-corrected chi connectivity index (χ0v) is 13.4. The summed E-state index contributed by atoms with van der Waals surface area (Å²) in [4.78, 5) is 25.3.